The molecule has 4 aromatic carbocycles. The van der Waals surface area contributed by atoms with Gasteiger partial charge in [-0.05, 0) is 93.0 Å². The highest BCUT2D eigenvalue weighted by Crippen LogP contribution is 2.38. The predicted molar refractivity (Wildman–Crippen MR) is 208 cm³/mol. The van der Waals surface area contributed by atoms with E-state index in [1.165, 1.54) is 25.1 Å². The molecular weight excluding hydrogens is 869 g/mol. The van der Waals surface area contributed by atoms with Crippen LogP contribution in [0.25, 0.3) is 11.4 Å². The molecule has 4 N–H and O–H groups in total. The number of tetrazole rings is 1. The number of aliphatic hydroxyl groups excluding tert-OH is 1. The van der Waals surface area contributed by atoms with Gasteiger partial charge in [-0.2, -0.15) is 9.10 Å². The van der Waals surface area contributed by atoms with Gasteiger partial charge in [-0.1, -0.05) is 36.4 Å². The third-order valence-electron chi connectivity index (χ3n) is 8.22. The minimum atomic E-state index is -4.81. The van der Waals surface area contributed by atoms with E-state index in [4.69, 9.17) is 19.3 Å². The van der Waals surface area contributed by atoms with Crippen molar-refractivity contribution < 1.29 is 46.1 Å². The number of ether oxygens (including phenoxy) is 3. The van der Waals surface area contributed by atoms with Gasteiger partial charge in [-0.25, -0.2) is 26.4 Å². The molecule has 0 saturated heterocycles. The van der Waals surface area contributed by atoms with Crippen LogP contribution in [0.1, 0.15) is 16.7 Å². The quantitative estimate of drug-likeness (QED) is 0.0928. The second-order valence-electron chi connectivity index (χ2n) is 11.9. The molecule has 0 bridgehead atoms. The van der Waals surface area contributed by atoms with Gasteiger partial charge >= 0.3 is 6.09 Å². The molecule has 20 heteroatoms. The van der Waals surface area contributed by atoms with Crippen LogP contribution in [0.4, 0.5) is 4.79 Å². The van der Waals surface area contributed by atoms with Crippen molar-refractivity contribution in [3.8, 4) is 28.6 Å². The van der Waals surface area contributed by atoms with Crippen LogP contribution in [0.2, 0.25) is 0 Å². The number of aliphatic hydroxyl groups is 1. The van der Waals surface area contributed by atoms with Crippen LogP contribution in [0.15, 0.2) is 94.7 Å². The first-order valence-corrected chi connectivity index (χ1v) is 20.4. The molecule has 0 aliphatic rings. The topological polar surface area (TPSA) is 224 Å². The van der Waals surface area contributed by atoms with E-state index >= 15 is 8.42 Å². The van der Waals surface area contributed by atoms with Gasteiger partial charge < -0.3 is 29.7 Å². The van der Waals surface area contributed by atoms with Crippen LogP contribution >= 0.6 is 22.6 Å². The summed E-state index contributed by atoms with van der Waals surface area (Å²) in [5.74, 6) is 1.58. The van der Waals surface area contributed by atoms with E-state index in [1.807, 2.05) is 27.9 Å². The number of hydrogen-bond acceptors (Lipinski definition) is 12. The zero-order chi connectivity index (χ0) is 39.8. The van der Waals surface area contributed by atoms with E-state index in [9.17, 15) is 18.3 Å². The number of amides is 1. The number of nitrogens with one attached hydrogen (secondary N) is 2. The number of carbonyl (C=O) groups is 1. The Labute approximate surface area is 331 Å². The van der Waals surface area contributed by atoms with Crippen LogP contribution < -0.4 is 24.2 Å². The van der Waals surface area contributed by atoms with Gasteiger partial charge in [-0.15, -0.1) is 10.2 Å². The average Bonchev–Trinajstić information content (AvgIpc) is 3.64. The molecular formula is C35H38IN7O10S2. The zero-order valence-corrected chi connectivity index (χ0v) is 33.6. The molecule has 0 radical (unpaired) electrons. The number of sulfonamides is 2. The largest absolute Gasteiger partial charge is 0.497 e. The lowest BCUT2D eigenvalue weighted by molar-refractivity contribution is 0.177. The number of aromatic nitrogens is 4. The van der Waals surface area contributed by atoms with Crippen LogP contribution in [0.3, 0.4) is 0 Å². The van der Waals surface area contributed by atoms with Crippen LogP contribution in [0.5, 0.6) is 17.2 Å². The summed E-state index contributed by atoms with van der Waals surface area (Å²) in [6.45, 7) is -1.57. The van der Waals surface area contributed by atoms with Crippen molar-refractivity contribution in [3.05, 3.63) is 105 Å². The fourth-order valence-electron chi connectivity index (χ4n) is 5.37. The first kappa shape index (κ1) is 41.3. The minimum Gasteiger partial charge on any atom is -0.497 e. The summed E-state index contributed by atoms with van der Waals surface area (Å²) >= 11 is 1.89. The Hall–Kier alpha value is -4.87. The molecule has 0 aliphatic carbocycles. The van der Waals surface area contributed by atoms with Crippen molar-refractivity contribution in [1.29, 1.82) is 0 Å². The molecule has 17 nitrogen and oxygen atoms in total. The van der Waals surface area contributed by atoms with Crippen molar-refractivity contribution >= 4 is 48.7 Å². The lowest BCUT2D eigenvalue weighted by Crippen LogP contribution is -2.45. The number of carboxylic acid groups (broad SMARTS) is 1. The zero-order valence-electron chi connectivity index (χ0n) is 29.8. The third-order valence-corrected chi connectivity index (χ3v) is 12.6. The van der Waals surface area contributed by atoms with Crippen molar-refractivity contribution in [2.24, 2.45) is 0 Å². The lowest BCUT2D eigenvalue weighted by Gasteiger charge is -2.26. The molecule has 0 spiro atoms. The molecule has 1 unspecified atom stereocenters. The van der Waals surface area contributed by atoms with E-state index in [2.05, 4.69) is 20.1 Å². The fourth-order valence-corrected chi connectivity index (χ4v) is 9.73. The Bertz CT molecular complexity index is 2260. The number of hydrogen-bond donors (Lipinski definition) is 4. The summed E-state index contributed by atoms with van der Waals surface area (Å²) in [5.41, 5.74) is 1.80. The van der Waals surface area contributed by atoms with Gasteiger partial charge in [0, 0.05) is 23.2 Å². The summed E-state index contributed by atoms with van der Waals surface area (Å²) < 4.78 is 78.2. The monoisotopic (exact) mass is 907 g/mol. The van der Waals surface area contributed by atoms with E-state index in [0.717, 1.165) is 15.9 Å². The predicted octanol–water partition coefficient (Wildman–Crippen LogP) is 3.32. The van der Waals surface area contributed by atoms with Crippen LogP contribution in [-0.4, -0.2) is 98.2 Å². The highest BCUT2D eigenvalue weighted by atomic mass is 127. The number of methoxy groups -OCH3 is 3. The molecule has 1 atom stereocenters. The van der Waals surface area contributed by atoms with E-state index in [0.29, 0.717) is 31.9 Å². The van der Waals surface area contributed by atoms with Gasteiger partial charge in [-0.3, -0.25) is 0 Å². The van der Waals surface area contributed by atoms with Crippen molar-refractivity contribution in [3.63, 3.8) is 0 Å². The van der Waals surface area contributed by atoms with E-state index in [1.54, 1.807) is 79.9 Å². The third kappa shape index (κ3) is 10.3. The standard InChI is InChI=1S/C35H38IN7O10S2/c1-51-27-10-4-23(5-11-27)19-42(20-24-6-12-28(52-2)13-7-24)55(49,50)33-31(54(47,48)37-18-26(22-44)38-35(45)46)17-16-30(36)32(33)34-39-41-43(40-34)21-25-8-14-29(53-3)15-9-25/h4-17,26,37-38,44H,18-22H2,1-3H3,(H,45,46). The Morgan fingerprint density at radius 3 is 1.80 bits per heavy atom. The lowest BCUT2D eigenvalue weighted by atomic mass is 10.2. The Morgan fingerprint density at radius 1 is 0.818 bits per heavy atom. The molecule has 0 fully saturated rings. The molecule has 1 amide bonds. The van der Waals surface area contributed by atoms with Crippen molar-refractivity contribution in [2.45, 2.75) is 35.5 Å². The molecule has 1 aromatic heterocycles. The Kier molecular flexibility index (Phi) is 13.6. The Balaban J connectivity index is 1.67. The maximum absolute atomic E-state index is 15.3. The number of rotatable bonds is 18. The van der Waals surface area contributed by atoms with Gasteiger partial charge in [0.25, 0.3) is 0 Å². The van der Waals surface area contributed by atoms with Gasteiger partial charge in [0.05, 0.1) is 46.1 Å². The molecule has 0 saturated carbocycles. The highest BCUT2D eigenvalue weighted by Gasteiger charge is 2.37. The summed E-state index contributed by atoms with van der Waals surface area (Å²) in [6, 6.07) is 21.9. The van der Waals surface area contributed by atoms with Gasteiger partial charge in [0.2, 0.25) is 25.9 Å². The first-order chi connectivity index (χ1) is 26.3. The molecule has 5 rings (SSSR count). The second kappa shape index (κ2) is 18.2. The summed E-state index contributed by atoms with van der Waals surface area (Å²) in [5, 5.41) is 33.7. The molecule has 0 aliphatic heterocycles. The van der Waals surface area contributed by atoms with Crippen LogP contribution in [-0.2, 0) is 39.7 Å². The molecule has 5 aromatic rings. The molecule has 1 heterocycles. The maximum atomic E-state index is 15.3. The second-order valence-corrected chi connectivity index (χ2v) is 16.7. The van der Waals surface area contributed by atoms with E-state index < -0.39 is 55.1 Å². The van der Waals surface area contributed by atoms with Crippen LogP contribution in [0, 0.1) is 3.57 Å². The highest BCUT2D eigenvalue weighted by molar-refractivity contribution is 14.1. The summed E-state index contributed by atoms with van der Waals surface area (Å²) in [7, 11) is -4.99. The van der Waals surface area contributed by atoms with E-state index in [-0.39, 0.29) is 31.0 Å². The Morgan fingerprint density at radius 2 is 1.33 bits per heavy atom. The number of nitrogens with zero attached hydrogens (tertiary/aromatic N) is 5. The number of benzene rings is 4. The first-order valence-electron chi connectivity index (χ1n) is 16.4. The molecule has 55 heavy (non-hydrogen) atoms. The SMILES string of the molecule is COc1ccc(CN(Cc2ccc(OC)cc2)S(=O)(=O)c2c(S(=O)(=O)NCC(CO)NC(=O)O)ccc(I)c2-c2nnn(Cc3ccc(OC)cc3)n2)cc1. The average molecular weight is 908 g/mol. The maximum Gasteiger partial charge on any atom is 0.405 e. The van der Waals surface area contributed by atoms with Crippen molar-refractivity contribution in [1.82, 2.24) is 34.6 Å². The normalized spacial score (nSPS) is 12.3. The minimum absolute atomic E-state index is 0.124. The summed E-state index contributed by atoms with van der Waals surface area (Å²) in [6.07, 6.45) is -1.49. The summed E-state index contributed by atoms with van der Waals surface area (Å²) in [4.78, 5) is 11.2. The van der Waals surface area contributed by atoms with Gasteiger partial charge in [0.15, 0.2) is 0 Å². The van der Waals surface area contributed by atoms with Crippen molar-refractivity contribution in [2.75, 3.05) is 34.5 Å². The fraction of sp³-hybridized carbons (Fsp3) is 0.257. The molecule has 292 valence electrons. The number of halogens is 1. The van der Waals surface area contributed by atoms with Gasteiger partial charge in [0.1, 0.15) is 27.0 Å². The smallest absolute Gasteiger partial charge is 0.405 e.